The number of halogens is 2. The minimum Gasteiger partial charge on any atom is -0.458 e. The molecule has 0 radical (unpaired) electrons. The van der Waals surface area contributed by atoms with Gasteiger partial charge in [0.05, 0.1) is 0 Å². The Morgan fingerprint density at radius 3 is 2.21 bits per heavy atom. The molecular formula is C26H32F2O13S. The predicted molar refractivity (Wildman–Crippen MR) is 130 cm³/mol. The number of esters is 4. The molecule has 7 atom stereocenters. The number of carbonyl (C=O) groups is 4. The van der Waals surface area contributed by atoms with E-state index in [-0.39, 0.29) is 11.8 Å². The van der Waals surface area contributed by atoms with Crippen LogP contribution < -0.4 is 0 Å². The van der Waals surface area contributed by atoms with E-state index >= 15 is 0 Å². The number of ether oxygens (including phenoxy) is 6. The largest absolute Gasteiger partial charge is 0.458 e. The Labute approximate surface area is 239 Å². The second-order valence-electron chi connectivity index (χ2n) is 12.5. The number of fused-ring (bicyclic) bond motifs is 1. The summed E-state index contributed by atoms with van der Waals surface area (Å²) in [6, 6.07) is 0. The zero-order chi connectivity index (χ0) is 30.4. The Morgan fingerprint density at radius 2 is 1.62 bits per heavy atom. The van der Waals surface area contributed by atoms with Gasteiger partial charge in [0, 0.05) is 0 Å². The lowest BCUT2D eigenvalue weighted by Gasteiger charge is -2.59. The SMILES string of the molecule is CC(OC(=O)COCC(=O)OC1C2OC(=O)C3C2OC1C3C(=O)OC1(C)C2CC3CC(C2)CC1C3)C(F)(F)S(=O)(=O)O. The van der Waals surface area contributed by atoms with E-state index in [0.717, 1.165) is 25.7 Å². The molecule has 1 N–H and O–H groups in total. The maximum atomic E-state index is 13.6. The molecule has 4 aliphatic carbocycles. The van der Waals surface area contributed by atoms with Crippen LogP contribution in [0, 0.1) is 35.5 Å². The molecule has 0 spiro atoms. The highest BCUT2D eigenvalue weighted by atomic mass is 32.2. The van der Waals surface area contributed by atoms with Crippen LogP contribution in [0.1, 0.15) is 46.0 Å². The number of hydrogen-bond acceptors (Lipinski definition) is 12. The van der Waals surface area contributed by atoms with Crippen molar-refractivity contribution in [3.05, 3.63) is 0 Å². The Morgan fingerprint density at radius 1 is 1.02 bits per heavy atom. The molecule has 7 unspecified atom stereocenters. The van der Waals surface area contributed by atoms with E-state index in [1.165, 1.54) is 6.42 Å². The normalized spacial score (nSPS) is 41.9. The van der Waals surface area contributed by atoms with Gasteiger partial charge in [0.15, 0.2) is 18.3 Å². The fourth-order valence-corrected chi connectivity index (χ4v) is 8.69. The van der Waals surface area contributed by atoms with Gasteiger partial charge in [-0.05, 0) is 69.6 Å². The van der Waals surface area contributed by atoms with Crippen molar-refractivity contribution in [3.63, 3.8) is 0 Å². The first-order chi connectivity index (χ1) is 19.6. The van der Waals surface area contributed by atoms with Crippen molar-refractivity contribution in [3.8, 4) is 0 Å². The van der Waals surface area contributed by atoms with Gasteiger partial charge in [0.1, 0.15) is 42.9 Å². The number of hydrogen-bond donors (Lipinski definition) is 1. The van der Waals surface area contributed by atoms with Gasteiger partial charge in [0.2, 0.25) is 0 Å². The summed E-state index contributed by atoms with van der Waals surface area (Å²) < 4.78 is 89.2. The summed E-state index contributed by atoms with van der Waals surface area (Å²) in [6.07, 6.45) is -1.16. The van der Waals surface area contributed by atoms with Crippen LogP contribution in [-0.2, 0) is 57.7 Å². The fraction of sp³-hybridized carbons (Fsp3) is 0.846. The van der Waals surface area contributed by atoms with Crippen LogP contribution in [0.4, 0.5) is 8.78 Å². The van der Waals surface area contributed by atoms with Gasteiger partial charge < -0.3 is 28.4 Å². The molecule has 0 aromatic heterocycles. The van der Waals surface area contributed by atoms with Gasteiger partial charge in [-0.15, -0.1) is 0 Å². The van der Waals surface area contributed by atoms with Gasteiger partial charge in [-0.1, -0.05) is 0 Å². The third-order valence-corrected chi connectivity index (χ3v) is 11.1. The average molecular weight is 623 g/mol. The van der Waals surface area contributed by atoms with Crippen LogP contribution in [0.15, 0.2) is 0 Å². The molecule has 7 rings (SSSR count). The second kappa shape index (κ2) is 10.1. The topological polar surface area (TPSA) is 178 Å². The fourth-order valence-electron chi connectivity index (χ4n) is 8.22. The standard InChI is InChI=1S/C26H32F2O13S/c1-10(26(27,28)42(33,34)35)37-15(29)8-36-9-16(30)38-21-20-18(17-19(39-20)22(21)40-23(17)31)24(32)41-25(2)13-4-11-3-12(6-13)7-14(25)5-11/h10-14,17-22H,3-9H2,1-2H3,(H,33,34,35). The van der Waals surface area contributed by atoms with Gasteiger partial charge >= 0.3 is 39.2 Å². The van der Waals surface area contributed by atoms with E-state index in [9.17, 15) is 36.4 Å². The quantitative estimate of drug-likeness (QED) is 0.208. The summed E-state index contributed by atoms with van der Waals surface area (Å²) in [6.45, 7) is 0.656. The smallest absolute Gasteiger partial charge is 0.405 e. The van der Waals surface area contributed by atoms with Crippen LogP contribution in [0.5, 0.6) is 0 Å². The maximum Gasteiger partial charge on any atom is 0.405 e. The zero-order valence-electron chi connectivity index (χ0n) is 22.8. The van der Waals surface area contributed by atoms with E-state index in [1.807, 2.05) is 6.92 Å². The lowest BCUT2D eigenvalue weighted by Crippen LogP contribution is -2.59. The van der Waals surface area contributed by atoms with Crippen molar-refractivity contribution in [2.45, 2.75) is 87.3 Å². The van der Waals surface area contributed by atoms with Crippen LogP contribution in [0.25, 0.3) is 0 Å². The van der Waals surface area contributed by atoms with Crippen LogP contribution in [0.3, 0.4) is 0 Å². The van der Waals surface area contributed by atoms with Crippen molar-refractivity contribution in [2.24, 2.45) is 35.5 Å². The third-order valence-electron chi connectivity index (χ3n) is 10.1. The molecule has 0 aromatic rings. The monoisotopic (exact) mass is 622 g/mol. The van der Waals surface area contributed by atoms with Crippen molar-refractivity contribution in [1.29, 1.82) is 0 Å². The molecular weight excluding hydrogens is 590 g/mol. The number of rotatable bonds is 10. The molecule has 0 aromatic carbocycles. The number of alkyl halides is 2. The molecule has 42 heavy (non-hydrogen) atoms. The summed E-state index contributed by atoms with van der Waals surface area (Å²) >= 11 is 0. The molecule has 7 aliphatic rings. The van der Waals surface area contributed by atoms with Gasteiger partial charge in [-0.3, -0.25) is 14.1 Å². The van der Waals surface area contributed by atoms with Crippen molar-refractivity contribution < 1.29 is 69.4 Å². The predicted octanol–water partition coefficient (Wildman–Crippen LogP) is 1.02. The van der Waals surface area contributed by atoms with Crippen LogP contribution >= 0.6 is 0 Å². The first kappa shape index (κ1) is 29.6. The van der Waals surface area contributed by atoms with Gasteiger partial charge in [0.25, 0.3) is 0 Å². The summed E-state index contributed by atoms with van der Waals surface area (Å²) in [5.41, 5.74) is -0.647. The summed E-state index contributed by atoms with van der Waals surface area (Å²) in [5.74, 6) is -3.79. The summed E-state index contributed by atoms with van der Waals surface area (Å²) in [4.78, 5) is 50.6. The molecule has 7 fully saturated rings. The summed E-state index contributed by atoms with van der Waals surface area (Å²) in [7, 11) is -5.84. The Balaban J connectivity index is 1.04. The second-order valence-corrected chi connectivity index (χ2v) is 14.0. The highest BCUT2D eigenvalue weighted by Crippen LogP contribution is 2.60. The van der Waals surface area contributed by atoms with E-state index in [2.05, 4.69) is 4.74 Å². The molecule has 13 nitrogen and oxygen atoms in total. The third kappa shape index (κ3) is 4.68. The highest BCUT2D eigenvalue weighted by Gasteiger charge is 2.72. The minimum atomic E-state index is -5.84. The van der Waals surface area contributed by atoms with E-state index in [4.69, 9.17) is 28.2 Å². The molecule has 6 bridgehead atoms. The zero-order valence-corrected chi connectivity index (χ0v) is 23.6. The molecule has 3 heterocycles. The van der Waals surface area contributed by atoms with E-state index < -0.39 is 100 Å². The minimum absolute atomic E-state index is 0.250. The molecule has 234 valence electrons. The molecule has 4 saturated carbocycles. The number of carbonyl (C=O) groups excluding carboxylic acids is 4. The van der Waals surface area contributed by atoms with E-state index in [0.29, 0.717) is 18.8 Å². The summed E-state index contributed by atoms with van der Waals surface area (Å²) in [5, 5.41) is -4.76. The van der Waals surface area contributed by atoms with E-state index in [1.54, 1.807) is 0 Å². The lowest BCUT2D eigenvalue weighted by molar-refractivity contribution is -0.210. The Hall–Kier alpha value is -2.43. The Kier molecular flexibility index (Phi) is 7.10. The molecule has 0 amide bonds. The van der Waals surface area contributed by atoms with Crippen LogP contribution in [-0.4, -0.2) is 91.4 Å². The van der Waals surface area contributed by atoms with Crippen LogP contribution in [0.2, 0.25) is 0 Å². The van der Waals surface area contributed by atoms with Crippen molar-refractivity contribution >= 4 is 34.0 Å². The van der Waals surface area contributed by atoms with Crippen molar-refractivity contribution in [2.75, 3.05) is 13.2 Å². The van der Waals surface area contributed by atoms with Gasteiger partial charge in [-0.2, -0.15) is 17.2 Å². The maximum absolute atomic E-state index is 13.6. The highest BCUT2D eigenvalue weighted by molar-refractivity contribution is 7.86. The average Bonchev–Trinajstić information content (AvgIpc) is 3.50. The van der Waals surface area contributed by atoms with Crippen molar-refractivity contribution in [1.82, 2.24) is 0 Å². The first-order valence-electron chi connectivity index (χ1n) is 14.0. The Bertz CT molecular complexity index is 1260. The molecule has 3 aliphatic heterocycles. The molecule has 16 heteroatoms. The first-order valence-corrected chi connectivity index (χ1v) is 15.4. The molecule has 3 saturated heterocycles. The van der Waals surface area contributed by atoms with Gasteiger partial charge in [-0.25, -0.2) is 9.59 Å². The lowest BCUT2D eigenvalue weighted by atomic mass is 9.50.